The average molecular weight is 400 g/mol. The zero-order chi connectivity index (χ0) is 19.7. The van der Waals surface area contributed by atoms with Gasteiger partial charge in [0, 0.05) is 0 Å². The summed E-state index contributed by atoms with van der Waals surface area (Å²) in [4.78, 5) is 23.6. The van der Waals surface area contributed by atoms with Crippen LogP contribution in [0.4, 0.5) is 0 Å². The van der Waals surface area contributed by atoms with Crippen LogP contribution in [0.5, 0.6) is 0 Å². The number of unbranched alkanes of at least 4 members (excludes halogenated alkanes) is 3. The molecule has 0 amide bonds. The first-order chi connectivity index (χ1) is 11.6. The molecule has 0 bridgehead atoms. The van der Waals surface area contributed by atoms with Gasteiger partial charge in [-0.15, -0.1) is 0 Å². The summed E-state index contributed by atoms with van der Waals surface area (Å²) in [6.07, 6.45) is 6.39. The third kappa shape index (κ3) is 7.19. The van der Waals surface area contributed by atoms with Gasteiger partial charge in [0.2, 0.25) is 0 Å². The van der Waals surface area contributed by atoms with Crippen LogP contribution in [0.25, 0.3) is 0 Å². The summed E-state index contributed by atoms with van der Waals surface area (Å²) in [6, 6.07) is 0. The molecule has 0 saturated heterocycles. The maximum absolute atomic E-state index is 12.0. The Labute approximate surface area is 151 Å². The second kappa shape index (κ2) is 11.1. The van der Waals surface area contributed by atoms with E-state index in [2.05, 4.69) is 0 Å². The first kappa shape index (κ1) is 24.3. The van der Waals surface area contributed by atoms with E-state index in [1.807, 2.05) is 20.8 Å². The first-order valence-corrected chi connectivity index (χ1v) is 13.2. The Morgan fingerprint density at radius 1 is 0.840 bits per heavy atom. The average Bonchev–Trinajstić information content (AvgIpc) is 2.50. The molecule has 7 nitrogen and oxygen atoms in total. The van der Waals surface area contributed by atoms with E-state index in [1.165, 1.54) is 0 Å². The van der Waals surface area contributed by atoms with Crippen LogP contribution in [-0.4, -0.2) is 64.5 Å². The quantitative estimate of drug-likeness (QED) is 0.302. The van der Waals surface area contributed by atoms with Crippen molar-refractivity contribution in [1.82, 2.24) is 0 Å². The third-order valence-corrected chi connectivity index (χ3v) is 12.2. The molecule has 2 unspecified atom stereocenters. The van der Waals surface area contributed by atoms with Gasteiger partial charge in [-0.1, -0.05) is 0 Å². The second-order valence-electron chi connectivity index (χ2n) is 6.76. The molecule has 0 aliphatic carbocycles. The van der Waals surface area contributed by atoms with Gasteiger partial charge in [0.25, 0.3) is 0 Å². The van der Waals surface area contributed by atoms with Gasteiger partial charge in [-0.25, -0.2) is 0 Å². The summed E-state index contributed by atoms with van der Waals surface area (Å²) in [7, 11) is -7.82. The van der Waals surface area contributed by atoms with Crippen LogP contribution >= 0.6 is 7.26 Å². The first-order valence-electron chi connectivity index (χ1n) is 8.99. The van der Waals surface area contributed by atoms with Crippen LogP contribution < -0.4 is 0 Å². The summed E-state index contributed by atoms with van der Waals surface area (Å²) >= 11 is 0. The van der Waals surface area contributed by atoms with Gasteiger partial charge in [-0.3, -0.25) is 0 Å². The normalized spacial score (nSPS) is 15.5. The van der Waals surface area contributed by atoms with Crippen molar-refractivity contribution in [3.8, 4) is 0 Å². The van der Waals surface area contributed by atoms with Crippen molar-refractivity contribution >= 4 is 29.3 Å². The van der Waals surface area contributed by atoms with Crippen LogP contribution in [0, 0.1) is 0 Å². The molecule has 0 rings (SSSR count). The molecule has 3 N–H and O–H groups in total. The Balaban J connectivity index is 6.28. The molecule has 0 aliphatic rings. The molecule has 0 spiro atoms. The zero-order valence-corrected chi connectivity index (χ0v) is 17.2. The fourth-order valence-corrected chi connectivity index (χ4v) is 11.8. The van der Waals surface area contributed by atoms with Crippen molar-refractivity contribution in [3.63, 3.8) is 0 Å². The van der Waals surface area contributed by atoms with Gasteiger partial charge in [0.05, 0.1) is 0 Å². The predicted molar refractivity (Wildman–Crippen MR) is 102 cm³/mol. The van der Waals surface area contributed by atoms with E-state index in [0.717, 1.165) is 38.5 Å². The number of carboxylic acid groups (broad SMARTS) is 2. The van der Waals surface area contributed by atoms with E-state index in [4.69, 9.17) is 0 Å². The topological polar surface area (TPSA) is 129 Å². The SMILES string of the molecule is CCCC[PH](CCCC)(CCCC)C(C(=O)O)C(C(=O)O)S(=O)(=O)O. The van der Waals surface area contributed by atoms with Gasteiger partial charge in [-0.2, -0.15) is 0 Å². The molecule has 0 aliphatic heterocycles. The number of rotatable bonds is 14. The van der Waals surface area contributed by atoms with Crippen LogP contribution in [0.1, 0.15) is 59.3 Å². The standard InChI is InChI=1S/C16H33O7PS/c1-4-7-10-24(11-8-5-2,12-9-6-3)13(15(17)18)14(16(19)20)25(21,22)23/h13-14,24H,4-12H2,1-3H3,(H,17,18)(H,19,20)(H,21,22,23). The molecule has 9 heteroatoms. The molecule has 25 heavy (non-hydrogen) atoms. The molecule has 0 aromatic carbocycles. The van der Waals surface area contributed by atoms with Crippen molar-refractivity contribution in [2.24, 2.45) is 0 Å². The van der Waals surface area contributed by atoms with Crippen LogP contribution in [0.15, 0.2) is 0 Å². The van der Waals surface area contributed by atoms with E-state index in [9.17, 15) is 32.8 Å². The van der Waals surface area contributed by atoms with Gasteiger partial charge >= 0.3 is 151 Å². The van der Waals surface area contributed by atoms with Crippen molar-refractivity contribution in [3.05, 3.63) is 0 Å². The van der Waals surface area contributed by atoms with Gasteiger partial charge in [0.1, 0.15) is 0 Å². The monoisotopic (exact) mass is 400 g/mol. The molecule has 0 aromatic rings. The Kier molecular flexibility index (Phi) is 10.8. The summed E-state index contributed by atoms with van der Waals surface area (Å²) in [6.45, 7) is 5.89. The van der Waals surface area contributed by atoms with E-state index in [1.54, 1.807) is 0 Å². The summed E-state index contributed by atoms with van der Waals surface area (Å²) in [5, 5.41) is 16.9. The van der Waals surface area contributed by atoms with Crippen molar-refractivity contribution in [2.45, 2.75) is 70.2 Å². The van der Waals surface area contributed by atoms with Gasteiger partial charge < -0.3 is 0 Å². The third-order valence-electron chi connectivity index (χ3n) is 4.88. The summed E-state index contributed by atoms with van der Waals surface area (Å²) in [5.74, 6) is -3.20. The minimum atomic E-state index is -5.01. The number of carbonyl (C=O) groups is 2. The van der Waals surface area contributed by atoms with Gasteiger partial charge in [0.15, 0.2) is 0 Å². The van der Waals surface area contributed by atoms with E-state index < -0.39 is 40.2 Å². The maximum atomic E-state index is 12.0. The zero-order valence-electron chi connectivity index (χ0n) is 15.4. The molecule has 2 atom stereocenters. The Hall–Kier alpha value is -0.720. The Morgan fingerprint density at radius 2 is 1.20 bits per heavy atom. The molecule has 0 saturated carbocycles. The van der Waals surface area contributed by atoms with E-state index in [0.29, 0.717) is 18.5 Å². The van der Waals surface area contributed by atoms with Crippen molar-refractivity contribution < 1.29 is 32.8 Å². The second-order valence-corrected chi connectivity index (χ2v) is 13.1. The number of aliphatic carboxylic acids is 2. The molecule has 150 valence electrons. The Bertz CT molecular complexity index is 511. The molecule has 0 radical (unpaired) electrons. The minimum absolute atomic E-state index is 0.569. The van der Waals surface area contributed by atoms with Crippen molar-refractivity contribution in [2.75, 3.05) is 18.5 Å². The number of carboxylic acids is 2. The fourth-order valence-electron chi connectivity index (χ4n) is 3.58. The van der Waals surface area contributed by atoms with E-state index in [-0.39, 0.29) is 0 Å². The fraction of sp³-hybridized carbons (Fsp3) is 0.875. The predicted octanol–water partition coefficient (Wildman–Crippen LogP) is 2.93. The molecule has 0 heterocycles. The summed E-state index contributed by atoms with van der Waals surface area (Å²) in [5.41, 5.74) is -1.54. The van der Waals surface area contributed by atoms with Gasteiger partial charge in [-0.05, 0) is 0 Å². The summed E-state index contributed by atoms with van der Waals surface area (Å²) < 4.78 is 32.9. The molecule has 0 fully saturated rings. The van der Waals surface area contributed by atoms with Crippen molar-refractivity contribution in [1.29, 1.82) is 0 Å². The van der Waals surface area contributed by atoms with Crippen LogP contribution in [-0.2, 0) is 19.7 Å². The molecular weight excluding hydrogens is 367 g/mol. The van der Waals surface area contributed by atoms with Crippen LogP contribution in [0.3, 0.4) is 0 Å². The van der Waals surface area contributed by atoms with Crippen LogP contribution in [0.2, 0.25) is 0 Å². The Morgan fingerprint density at radius 3 is 1.40 bits per heavy atom. The van der Waals surface area contributed by atoms with E-state index >= 15 is 0 Å². The number of hydrogen-bond acceptors (Lipinski definition) is 4. The number of hydrogen-bond donors (Lipinski definition) is 3. The molecule has 0 aromatic heterocycles. The molecular formula is C16H33O7PS.